The number of hydrogen-bond donors (Lipinski definition) is 1. The average molecular weight is 332 g/mol. The molecular formula is C15H23ClFN3O2. The van der Waals surface area contributed by atoms with Gasteiger partial charge in [-0.05, 0) is 51.0 Å². The lowest BCUT2D eigenvalue weighted by molar-refractivity contribution is -0.385. The quantitative estimate of drug-likeness (QED) is 0.643. The van der Waals surface area contributed by atoms with E-state index in [0.29, 0.717) is 18.0 Å². The Labute approximate surface area is 136 Å². The second-order valence-corrected chi connectivity index (χ2v) is 5.56. The van der Waals surface area contributed by atoms with Gasteiger partial charge in [-0.15, -0.1) is 12.4 Å². The molecule has 0 bridgehead atoms. The molecule has 1 aliphatic heterocycles. The highest BCUT2D eigenvalue weighted by Gasteiger charge is 2.20. The Hall–Kier alpha value is -1.24. The van der Waals surface area contributed by atoms with Gasteiger partial charge < -0.3 is 5.32 Å². The number of non-ortho nitro benzene ring substituents is 1. The second-order valence-electron chi connectivity index (χ2n) is 5.56. The van der Waals surface area contributed by atoms with Gasteiger partial charge in [-0.2, -0.15) is 0 Å². The minimum atomic E-state index is -0.570. The van der Waals surface area contributed by atoms with Gasteiger partial charge in [-0.1, -0.05) is 6.92 Å². The van der Waals surface area contributed by atoms with Gasteiger partial charge in [0.15, 0.2) is 0 Å². The lowest BCUT2D eigenvalue weighted by Gasteiger charge is -2.32. The fourth-order valence-electron chi connectivity index (χ4n) is 2.72. The third kappa shape index (κ3) is 5.19. The van der Waals surface area contributed by atoms with E-state index in [0.717, 1.165) is 45.1 Å². The maximum atomic E-state index is 13.9. The zero-order valence-corrected chi connectivity index (χ0v) is 13.6. The van der Waals surface area contributed by atoms with Crippen LogP contribution in [-0.4, -0.2) is 36.0 Å². The molecule has 0 amide bonds. The number of piperidine rings is 1. The van der Waals surface area contributed by atoms with Crippen LogP contribution in [0.2, 0.25) is 0 Å². The Bertz CT molecular complexity index is 494. The summed E-state index contributed by atoms with van der Waals surface area (Å²) in [5.74, 6) is 0.210. The van der Waals surface area contributed by atoms with Crippen LogP contribution in [0.1, 0.15) is 25.3 Å². The van der Waals surface area contributed by atoms with Crippen LogP contribution in [-0.2, 0) is 6.54 Å². The van der Waals surface area contributed by atoms with Crippen LogP contribution in [0.4, 0.5) is 10.1 Å². The van der Waals surface area contributed by atoms with Crippen molar-refractivity contribution in [3.8, 4) is 0 Å². The summed E-state index contributed by atoms with van der Waals surface area (Å²) >= 11 is 0. The van der Waals surface area contributed by atoms with Gasteiger partial charge in [0.1, 0.15) is 5.82 Å². The Morgan fingerprint density at radius 3 is 2.64 bits per heavy atom. The summed E-state index contributed by atoms with van der Waals surface area (Å²) in [6.45, 7) is 6.58. The van der Waals surface area contributed by atoms with Crippen molar-refractivity contribution in [2.24, 2.45) is 5.92 Å². The molecule has 2 rings (SSSR count). The van der Waals surface area contributed by atoms with Crippen molar-refractivity contribution in [1.82, 2.24) is 10.2 Å². The second kappa shape index (κ2) is 9.02. The summed E-state index contributed by atoms with van der Waals surface area (Å²) in [5.41, 5.74) is 0.339. The molecule has 5 nitrogen and oxygen atoms in total. The first-order valence-electron chi connectivity index (χ1n) is 7.46. The Balaban J connectivity index is 0.00000242. The van der Waals surface area contributed by atoms with Crippen molar-refractivity contribution < 1.29 is 9.31 Å². The highest BCUT2D eigenvalue weighted by Crippen LogP contribution is 2.21. The van der Waals surface area contributed by atoms with Gasteiger partial charge in [-0.25, -0.2) is 4.39 Å². The predicted octanol–water partition coefficient (Wildman–Crippen LogP) is 2.98. The number of rotatable bonds is 6. The van der Waals surface area contributed by atoms with Crippen LogP contribution in [0, 0.1) is 21.8 Å². The topological polar surface area (TPSA) is 58.4 Å². The summed E-state index contributed by atoms with van der Waals surface area (Å²) in [6.07, 6.45) is 2.23. The largest absolute Gasteiger partial charge is 0.317 e. The summed E-state index contributed by atoms with van der Waals surface area (Å²) in [5, 5.41) is 14.0. The van der Waals surface area contributed by atoms with Crippen molar-refractivity contribution in [2.45, 2.75) is 26.3 Å². The molecule has 1 aliphatic rings. The van der Waals surface area contributed by atoms with E-state index >= 15 is 0 Å². The summed E-state index contributed by atoms with van der Waals surface area (Å²) in [7, 11) is 0. The highest BCUT2D eigenvalue weighted by atomic mass is 35.5. The van der Waals surface area contributed by atoms with E-state index in [1.807, 2.05) is 0 Å². The maximum absolute atomic E-state index is 13.9. The average Bonchev–Trinajstić information content (AvgIpc) is 2.48. The summed E-state index contributed by atoms with van der Waals surface area (Å²) < 4.78 is 13.9. The zero-order chi connectivity index (χ0) is 15.2. The van der Waals surface area contributed by atoms with Gasteiger partial charge in [0.2, 0.25) is 0 Å². The normalized spacial score (nSPS) is 16.3. The number of nitrogens with zero attached hydrogens (tertiary/aromatic N) is 2. The number of nitro groups is 1. The van der Waals surface area contributed by atoms with Crippen molar-refractivity contribution in [3.05, 3.63) is 39.7 Å². The fourth-order valence-corrected chi connectivity index (χ4v) is 2.72. The van der Waals surface area contributed by atoms with Crippen LogP contribution < -0.4 is 5.32 Å². The van der Waals surface area contributed by atoms with Crippen LogP contribution in [0.3, 0.4) is 0 Å². The molecule has 124 valence electrons. The minimum absolute atomic E-state index is 0. The van der Waals surface area contributed by atoms with Gasteiger partial charge in [0, 0.05) is 18.2 Å². The van der Waals surface area contributed by atoms with Gasteiger partial charge in [0.05, 0.1) is 11.0 Å². The maximum Gasteiger partial charge on any atom is 0.272 e. The van der Waals surface area contributed by atoms with Crippen molar-refractivity contribution >= 4 is 18.1 Å². The fraction of sp³-hybridized carbons (Fsp3) is 0.600. The molecule has 0 spiro atoms. The monoisotopic (exact) mass is 331 g/mol. The first kappa shape index (κ1) is 18.8. The van der Waals surface area contributed by atoms with E-state index in [-0.39, 0.29) is 18.1 Å². The summed E-state index contributed by atoms with van der Waals surface area (Å²) in [6, 6.07) is 3.90. The molecule has 0 radical (unpaired) electrons. The third-order valence-corrected chi connectivity index (χ3v) is 4.03. The molecule has 22 heavy (non-hydrogen) atoms. The zero-order valence-electron chi connectivity index (χ0n) is 12.8. The van der Waals surface area contributed by atoms with Crippen LogP contribution >= 0.6 is 12.4 Å². The molecule has 0 saturated carbocycles. The molecule has 0 atom stereocenters. The molecule has 1 fully saturated rings. The first-order chi connectivity index (χ1) is 10.1. The number of likely N-dealkylation sites (tertiary alicyclic amines) is 1. The van der Waals surface area contributed by atoms with E-state index in [4.69, 9.17) is 0 Å². The van der Waals surface area contributed by atoms with Crippen molar-refractivity contribution in [3.63, 3.8) is 0 Å². The molecule has 7 heteroatoms. The summed E-state index contributed by atoms with van der Waals surface area (Å²) in [4.78, 5) is 12.2. The van der Waals surface area contributed by atoms with Crippen LogP contribution in [0.15, 0.2) is 18.2 Å². The number of halogens is 2. The molecule has 1 aromatic carbocycles. The van der Waals surface area contributed by atoms with Crippen molar-refractivity contribution in [2.75, 3.05) is 26.2 Å². The lowest BCUT2D eigenvalue weighted by Crippen LogP contribution is -2.37. The van der Waals surface area contributed by atoms with Gasteiger partial charge >= 0.3 is 0 Å². The van der Waals surface area contributed by atoms with Crippen LogP contribution in [0.5, 0.6) is 0 Å². The number of nitrogens with one attached hydrogen (secondary N) is 1. The molecule has 1 aromatic rings. The number of nitro benzene ring substituents is 1. The SMILES string of the molecule is CCNCC1CCN(Cc2ccc([N+](=O)[O-])cc2F)CC1.Cl. The standard InChI is InChI=1S/C15H22FN3O2.ClH/c1-2-17-10-12-5-7-18(8-6-12)11-13-3-4-14(19(20)21)9-15(13)16;/h3-4,9,12,17H,2,5-8,10-11H2,1H3;1H. The Morgan fingerprint density at radius 2 is 2.09 bits per heavy atom. The van der Waals surface area contributed by atoms with E-state index in [1.165, 1.54) is 12.1 Å². The number of hydrogen-bond acceptors (Lipinski definition) is 4. The van der Waals surface area contributed by atoms with Crippen LogP contribution in [0.25, 0.3) is 0 Å². The highest BCUT2D eigenvalue weighted by molar-refractivity contribution is 5.85. The molecule has 0 aliphatic carbocycles. The minimum Gasteiger partial charge on any atom is -0.317 e. The van der Waals surface area contributed by atoms with E-state index in [2.05, 4.69) is 17.1 Å². The molecule has 1 saturated heterocycles. The lowest BCUT2D eigenvalue weighted by atomic mass is 9.96. The molecular weight excluding hydrogens is 309 g/mol. The first-order valence-corrected chi connectivity index (χ1v) is 7.46. The Kier molecular flexibility index (Phi) is 7.72. The molecule has 1 heterocycles. The van der Waals surface area contributed by atoms with Gasteiger partial charge in [0.25, 0.3) is 5.69 Å². The molecule has 0 unspecified atom stereocenters. The van der Waals surface area contributed by atoms with E-state index in [1.54, 1.807) is 0 Å². The molecule has 1 N–H and O–H groups in total. The third-order valence-electron chi connectivity index (χ3n) is 4.03. The van der Waals surface area contributed by atoms with Gasteiger partial charge in [-0.3, -0.25) is 15.0 Å². The van der Waals surface area contributed by atoms with E-state index < -0.39 is 10.7 Å². The molecule has 0 aromatic heterocycles. The smallest absolute Gasteiger partial charge is 0.272 e. The number of benzene rings is 1. The Morgan fingerprint density at radius 1 is 1.41 bits per heavy atom. The van der Waals surface area contributed by atoms with E-state index in [9.17, 15) is 14.5 Å². The van der Waals surface area contributed by atoms with Crippen molar-refractivity contribution in [1.29, 1.82) is 0 Å². The predicted molar refractivity (Wildman–Crippen MR) is 86.8 cm³/mol.